The van der Waals surface area contributed by atoms with Crippen molar-refractivity contribution in [2.75, 3.05) is 0 Å². The Balaban J connectivity index is 4.60. The molecule has 0 rings (SSSR count). The zero-order valence-corrected chi connectivity index (χ0v) is 12.3. The summed E-state index contributed by atoms with van der Waals surface area (Å²) in [5, 5.41) is 0. The summed E-state index contributed by atoms with van der Waals surface area (Å²) in [7, 11) is 0. The van der Waals surface area contributed by atoms with E-state index >= 15 is 0 Å². The van der Waals surface area contributed by atoms with E-state index in [2.05, 4.69) is 34.6 Å². The quantitative estimate of drug-likeness (QED) is 0.607. The maximum absolute atomic E-state index is 11.9. The fourth-order valence-electron chi connectivity index (χ4n) is 2.22. The summed E-state index contributed by atoms with van der Waals surface area (Å²) in [5.41, 5.74) is 0.531. The van der Waals surface area contributed by atoms with Crippen LogP contribution in [0.25, 0.3) is 0 Å². The first kappa shape index (κ1) is 15.7. The fourth-order valence-corrected chi connectivity index (χ4v) is 2.22. The summed E-state index contributed by atoms with van der Waals surface area (Å²) in [6.07, 6.45) is 4.16. The summed E-state index contributed by atoms with van der Waals surface area (Å²) in [4.78, 5) is 11.9. The lowest BCUT2D eigenvalue weighted by atomic mass is 9.68. The van der Waals surface area contributed by atoms with Gasteiger partial charge in [0.1, 0.15) is 5.78 Å². The molecule has 0 aliphatic rings. The van der Waals surface area contributed by atoms with Crippen molar-refractivity contribution < 1.29 is 4.79 Å². The van der Waals surface area contributed by atoms with Crippen LogP contribution >= 0.6 is 0 Å². The van der Waals surface area contributed by atoms with Crippen LogP contribution in [0.2, 0.25) is 0 Å². The van der Waals surface area contributed by atoms with Crippen LogP contribution < -0.4 is 0 Å². The van der Waals surface area contributed by atoms with E-state index < -0.39 is 0 Å². The number of hydrogen-bond donors (Lipinski definition) is 0. The van der Waals surface area contributed by atoms with E-state index in [9.17, 15) is 4.79 Å². The largest absolute Gasteiger partial charge is 0.299 e. The van der Waals surface area contributed by atoms with Crippen molar-refractivity contribution in [2.24, 2.45) is 16.7 Å². The molecule has 0 heterocycles. The van der Waals surface area contributed by atoms with Crippen LogP contribution in [0.1, 0.15) is 74.1 Å². The van der Waals surface area contributed by atoms with Gasteiger partial charge in [0.25, 0.3) is 0 Å². The molecular formula is C15H30O. The third-order valence-electron chi connectivity index (χ3n) is 3.96. The maximum Gasteiger partial charge on any atom is 0.135 e. The van der Waals surface area contributed by atoms with Crippen LogP contribution in [0.5, 0.6) is 0 Å². The van der Waals surface area contributed by atoms with E-state index in [0.717, 1.165) is 19.3 Å². The first-order chi connectivity index (χ1) is 7.16. The van der Waals surface area contributed by atoms with Crippen LogP contribution in [0, 0.1) is 16.7 Å². The van der Waals surface area contributed by atoms with E-state index in [1.807, 2.05) is 13.8 Å². The minimum absolute atomic E-state index is 0.176. The number of Topliss-reactive ketones (excluding diaryl/α,β-unsaturated/α-hetero) is 1. The second-order valence-corrected chi connectivity index (χ2v) is 6.66. The fraction of sp³-hybridized carbons (Fsp3) is 0.933. The van der Waals surface area contributed by atoms with E-state index in [-0.39, 0.29) is 11.3 Å². The Morgan fingerprint density at radius 2 is 1.56 bits per heavy atom. The minimum atomic E-state index is 0.176. The second kappa shape index (κ2) is 5.84. The maximum atomic E-state index is 11.9. The first-order valence-electron chi connectivity index (χ1n) is 6.68. The molecule has 0 aromatic heterocycles. The predicted octanol–water partition coefficient (Wildman–Crippen LogP) is 4.84. The van der Waals surface area contributed by atoms with Crippen molar-refractivity contribution in [3.05, 3.63) is 0 Å². The van der Waals surface area contributed by atoms with Gasteiger partial charge in [-0.15, -0.1) is 0 Å². The standard InChI is InChI=1S/C15H30O/c1-8-14(5,6)11-15(7,9-2)10-13(16)12(3)4/h12H,8-11H2,1-7H3. The summed E-state index contributed by atoms with van der Waals surface area (Å²) < 4.78 is 0. The van der Waals surface area contributed by atoms with E-state index in [0.29, 0.717) is 11.2 Å². The molecule has 1 atom stereocenters. The molecule has 16 heavy (non-hydrogen) atoms. The molecule has 0 fully saturated rings. The molecule has 1 heteroatoms. The molecule has 0 bridgehead atoms. The van der Waals surface area contributed by atoms with Gasteiger partial charge in [-0.25, -0.2) is 0 Å². The van der Waals surface area contributed by atoms with Gasteiger partial charge < -0.3 is 0 Å². The monoisotopic (exact) mass is 226 g/mol. The SMILES string of the molecule is CCC(C)(C)CC(C)(CC)CC(=O)C(C)C. The Kier molecular flexibility index (Phi) is 5.72. The molecule has 96 valence electrons. The van der Waals surface area contributed by atoms with E-state index in [4.69, 9.17) is 0 Å². The van der Waals surface area contributed by atoms with Crippen molar-refractivity contribution in [3.8, 4) is 0 Å². The van der Waals surface area contributed by atoms with Gasteiger partial charge in [-0.3, -0.25) is 4.79 Å². The Hall–Kier alpha value is -0.330. The van der Waals surface area contributed by atoms with Gasteiger partial charge in [-0.05, 0) is 17.3 Å². The molecule has 1 unspecified atom stereocenters. The van der Waals surface area contributed by atoms with Crippen molar-refractivity contribution in [1.82, 2.24) is 0 Å². The highest BCUT2D eigenvalue weighted by Crippen LogP contribution is 2.41. The van der Waals surface area contributed by atoms with Crippen molar-refractivity contribution >= 4 is 5.78 Å². The number of ketones is 1. The lowest BCUT2D eigenvalue weighted by molar-refractivity contribution is -0.124. The van der Waals surface area contributed by atoms with Gasteiger partial charge in [-0.1, -0.05) is 61.3 Å². The van der Waals surface area contributed by atoms with Crippen LogP contribution in [0.4, 0.5) is 0 Å². The number of carbonyl (C=O) groups is 1. The average molecular weight is 226 g/mol. The number of hydrogen-bond acceptors (Lipinski definition) is 1. The normalized spacial score (nSPS) is 16.2. The van der Waals surface area contributed by atoms with Gasteiger partial charge in [0.05, 0.1) is 0 Å². The summed E-state index contributed by atoms with van der Waals surface area (Å²) in [6.45, 7) is 15.3. The highest BCUT2D eigenvalue weighted by Gasteiger charge is 2.32. The van der Waals surface area contributed by atoms with Crippen molar-refractivity contribution in [3.63, 3.8) is 0 Å². The van der Waals surface area contributed by atoms with Gasteiger partial charge in [0, 0.05) is 12.3 Å². The zero-order valence-electron chi connectivity index (χ0n) is 12.3. The number of carbonyl (C=O) groups excluding carboxylic acids is 1. The van der Waals surface area contributed by atoms with Gasteiger partial charge in [0.2, 0.25) is 0 Å². The molecule has 0 saturated heterocycles. The van der Waals surface area contributed by atoms with Crippen LogP contribution in [0.15, 0.2) is 0 Å². The second-order valence-electron chi connectivity index (χ2n) is 6.66. The zero-order chi connectivity index (χ0) is 13.0. The van der Waals surface area contributed by atoms with Crippen LogP contribution in [-0.2, 0) is 4.79 Å². The van der Waals surface area contributed by atoms with E-state index in [1.165, 1.54) is 6.42 Å². The summed E-state index contributed by atoms with van der Waals surface area (Å²) >= 11 is 0. The summed E-state index contributed by atoms with van der Waals surface area (Å²) in [6, 6.07) is 0. The lowest BCUT2D eigenvalue weighted by Gasteiger charge is -2.36. The third-order valence-corrected chi connectivity index (χ3v) is 3.96. The minimum Gasteiger partial charge on any atom is -0.299 e. The molecule has 0 radical (unpaired) electrons. The summed E-state index contributed by atoms with van der Waals surface area (Å²) in [5.74, 6) is 0.590. The van der Waals surface area contributed by atoms with Crippen LogP contribution in [0.3, 0.4) is 0 Å². The third kappa shape index (κ3) is 5.14. The molecule has 0 N–H and O–H groups in total. The van der Waals surface area contributed by atoms with E-state index in [1.54, 1.807) is 0 Å². The molecular weight excluding hydrogens is 196 g/mol. The topological polar surface area (TPSA) is 17.1 Å². The lowest BCUT2D eigenvalue weighted by Crippen LogP contribution is -2.28. The smallest absolute Gasteiger partial charge is 0.135 e. The van der Waals surface area contributed by atoms with Gasteiger partial charge in [0.15, 0.2) is 0 Å². The molecule has 0 amide bonds. The average Bonchev–Trinajstić information content (AvgIpc) is 2.16. The van der Waals surface area contributed by atoms with Gasteiger partial charge >= 0.3 is 0 Å². The molecule has 0 aromatic rings. The molecule has 0 saturated carbocycles. The first-order valence-corrected chi connectivity index (χ1v) is 6.68. The molecule has 0 spiro atoms. The Morgan fingerprint density at radius 3 is 1.88 bits per heavy atom. The highest BCUT2D eigenvalue weighted by molar-refractivity contribution is 5.80. The Bertz CT molecular complexity index is 228. The molecule has 0 aromatic carbocycles. The molecule has 0 aliphatic carbocycles. The predicted molar refractivity (Wildman–Crippen MR) is 71.5 cm³/mol. The molecule has 1 nitrogen and oxygen atoms in total. The Labute approximate surface area is 102 Å². The molecule has 0 aliphatic heterocycles. The van der Waals surface area contributed by atoms with Crippen LogP contribution in [-0.4, -0.2) is 5.78 Å². The Morgan fingerprint density at radius 1 is 1.06 bits per heavy atom. The van der Waals surface area contributed by atoms with Crippen molar-refractivity contribution in [1.29, 1.82) is 0 Å². The van der Waals surface area contributed by atoms with Gasteiger partial charge in [-0.2, -0.15) is 0 Å². The highest BCUT2D eigenvalue weighted by atomic mass is 16.1. The van der Waals surface area contributed by atoms with Crippen molar-refractivity contribution in [2.45, 2.75) is 74.1 Å². The number of rotatable bonds is 7.